The van der Waals surface area contributed by atoms with Gasteiger partial charge in [-0.05, 0) is 31.2 Å². The topological polar surface area (TPSA) is 102 Å². The maximum atomic E-state index is 12.1. The number of amides is 2. The van der Waals surface area contributed by atoms with E-state index in [1.54, 1.807) is 38.3 Å². The van der Waals surface area contributed by atoms with Crippen molar-refractivity contribution >= 4 is 17.5 Å². The number of para-hydroxylation sites is 2. The van der Waals surface area contributed by atoms with E-state index in [2.05, 4.69) is 21.2 Å². The normalized spacial score (nSPS) is 9.84. The summed E-state index contributed by atoms with van der Waals surface area (Å²) in [6, 6.07) is 10.4. The molecule has 8 nitrogen and oxygen atoms in total. The molecule has 0 saturated heterocycles. The molecule has 0 spiro atoms. The number of hydrogen-bond donors (Lipinski definition) is 3. The van der Waals surface area contributed by atoms with E-state index in [1.165, 1.54) is 6.20 Å². The smallest absolute Gasteiger partial charge is 0.275 e. The molecule has 0 atom stereocenters. The average molecular weight is 344 g/mol. The van der Waals surface area contributed by atoms with Crippen LogP contribution in [0.4, 0.5) is 5.69 Å². The van der Waals surface area contributed by atoms with Gasteiger partial charge in [-0.3, -0.25) is 20.4 Å². The van der Waals surface area contributed by atoms with Crippen LogP contribution in [0.5, 0.6) is 11.6 Å². The lowest BCUT2D eigenvalue weighted by Gasteiger charge is -2.12. The highest BCUT2D eigenvalue weighted by molar-refractivity contribution is 5.97. The Bertz CT molecular complexity index is 736. The minimum atomic E-state index is -0.512. The van der Waals surface area contributed by atoms with Crippen molar-refractivity contribution in [3.8, 4) is 11.6 Å². The number of rotatable bonds is 7. The molecule has 0 aliphatic carbocycles. The van der Waals surface area contributed by atoms with Gasteiger partial charge in [-0.15, -0.1) is 0 Å². The molecular formula is C17H20N4O4. The lowest BCUT2D eigenvalue weighted by molar-refractivity contribution is -0.120. The van der Waals surface area contributed by atoms with Crippen LogP contribution in [0, 0.1) is 0 Å². The Morgan fingerprint density at radius 2 is 1.92 bits per heavy atom. The zero-order valence-electron chi connectivity index (χ0n) is 14.0. The molecule has 0 aliphatic heterocycles. The molecule has 2 aromatic rings. The lowest BCUT2D eigenvalue weighted by atomic mass is 10.2. The van der Waals surface area contributed by atoms with Crippen LogP contribution in [0.25, 0.3) is 0 Å². The van der Waals surface area contributed by atoms with Gasteiger partial charge in [-0.1, -0.05) is 12.1 Å². The number of carbonyl (C=O) groups excluding carboxylic acids is 2. The average Bonchev–Trinajstić information content (AvgIpc) is 2.65. The first-order valence-corrected chi connectivity index (χ1v) is 7.69. The van der Waals surface area contributed by atoms with Gasteiger partial charge >= 0.3 is 0 Å². The first-order valence-electron chi connectivity index (χ1n) is 7.69. The Morgan fingerprint density at radius 3 is 2.68 bits per heavy atom. The molecule has 0 saturated carbocycles. The number of nitrogens with zero attached hydrogens (tertiary/aromatic N) is 1. The van der Waals surface area contributed by atoms with Gasteiger partial charge in [0.25, 0.3) is 11.8 Å². The van der Waals surface area contributed by atoms with Crippen LogP contribution in [-0.2, 0) is 4.79 Å². The summed E-state index contributed by atoms with van der Waals surface area (Å²) in [4.78, 5) is 28.0. The summed E-state index contributed by atoms with van der Waals surface area (Å²) in [6.45, 7) is 2.14. The number of pyridine rings is 1. The monoisotopic (exact) mass is 344 g/mol. The summed E-state index contributed by atoms with van der Waals surface area (Å²) in [5, 5.41) is 2.93. The van der Waals surface area contributed by atoms with E-state index in [-0.39, 0.29) is 18.0 Å². The molecule has 0 unspecified atom stereocenters. The fourth-order valence-corrected chi connectivity index (χ4v) is 2.02. The van der Waals surface area contributed by atoms with E-state index in [1.807, 2.05) is 12.1 Å². The number of nitrogens with one attached hydrogen (secondary N) is 3. The van der Waals surface area contributed by atoms with Crippen LogP contribution >= 0.6 is 0 Å². The van der Waals surface area contributed by atoms with Crippen molar-refractivity contribution in [2.24, 2.45) is 0 Å². The third-order valence-corrected chi connectivity index (χ3v) is 3.16. The lowest BCUT2D eigenvalue weighted by Crippen LogP contribution is -2.44. The molecule has 1 aromatic heterocycles. The molecule has 2 amide bonds. The molecule has 3 N–H and O–H groups in total. The fourth-order valence-electron chi connectivity index (χ4n) is 2.02. The quantitative estimate of drug-likeness (QED) is 0.656. The van der Waals surface area contributed by atoms with Crippen LogP contribution in [0.15, 0.2) is 42.6 Å². The highest BCUT2D eigenvalue weighted by atomic mass is 16.5. The Balaban J connectivity index is 1.86. The van der Waals surface area contributed by atoms with Crippen LogP contribution in [0.1, 0.15) is 17.3 Å². The van der Waals surface area contributed by atoms with Gasteiger partial charge in [0.2, 0.25) is 5.88 Å². The summed E-state index contributed by atoms with van der Waals surface area (Å²) < 4.78 is 10.5. The van der Waals surface area contributed by atoms with E-state index in [9.17, 15) is 9.59 Å². The predicted molar refractivity (Wildman–Crippen MR) is 92.5 cm³/mol. The Morgan fingerprint density at radius 1 is 1.12 bits per heavy atom. The predicted octanol–water partition coefficient (Wildman–Crippen LogP) is 1.36. The highest BCUT2D eigenvalue weighted by Crippen LogP contribution is 2.22. The van der Waals surface area contributed by atoms with Crippen LogP contribution in [0.2, 0.25) is 0 Å². The maximum Gasteiger partial charge on any atom is 0.275 e. The SMILES string of the molecule is CCOc1ncccc1C(=O)NNC(=O)CNc1ccccc1OC. The van der Waals surface area contributed by atoms with Gasteiger partial charge < -0.3 is 14.8 Å². The summed E-state index contributed by atoms with van der Waals surface area (Å²) >= 11 is 0. The van der Waals surface area contributed by atoms with E-state index < -0.39 is 11.8 Å². The molecule has 0 bridgehead atoms. The van der Waals surface area contributed by atoms with Crippen molar-refractivity contribution in [2.75, 3.05) is 25.6 Å². The van der Waals surface area contributed by atoms with E-state index >= 15 is 0 Å². The summed E-state index contributed by atoms with van der Waals surface area (Å²) in [5.74, 6) is -0.0942. The third-order valence-electron chi connectivity index (χ3n) is 3.16. The van der Waals surface area contributed by atoms with Gasteiger partial charge in [0, 0.05) is 6.20 Å². The Kier molecular flexibility index (Phi) is 6.58. The number of anilines is 1. The van der Waals surface area contributed by atoms with Crippen LogP contribution in [-0.4, -0.2) is 37.1 Å². The summed E-state index contributed by atoms with van der Waals surface area (Å²) in [6.07, 6.45) is 1.53. The molecule has 1 aromatic carbocycles. The van der Waals surface area contributed by atoms with E-state index in [0.717, 1.165) is 0 Å². The molecule has 132 valence electrons. The van der Waals surface area contributed by atoms with Gasteiger partial charge in [0.15, 0.2) is 0 Å². The van der Waals surface area contributed by atoms with Gasteiger partial charge in [0.05, 0.1) is 25.9 Å². The van der Waals surface area contributed by atoms with Crippen molar-refractivity contribution in [1.29, 1.82) is 0 Å². The number of ether oxygens (including phenoxy) is 2. The Hall–Kier alpha value is -3.29. The van der Waals surface area contributed by atoms with E-state index in [0.29, 0.717) is 18.0 Å². The largest absolute Gasteiger partial charge is 0.495 e. The summed E-state index contributed by atoms with van der Waals surface area (Å²) in [7, 11) is 1.55. The third kappa shape index (κ3) is 5.10. The molecular weight excluding hydrogens is 324 g/mol. The number of hydrazine groups is 1. The van der Waals surface area contributed by atoms with Crippen molar-refractivity contribution in [1.82, 2.24) is 15.8 Å². The van der Waals surface area contributed by atoms with Gasteiger partial charge in [-0.2, -0.15) is 0 Å². The van der Waals surface area contributed by atoms with E-state index in [4.69, 9.17) is 9.47 Å². The zero-order chi connectivity index (χ0) is 18.1. The minimum Gasteiger partial charge on any atom is -0.495 e. The Labute approximate surface area is 145 Å². The molecule has 25 heavy (non-hydrogen) atoms. The molecule has 0 radical (unpaired) electrons. The number of benzene rings is 1. The van der Waals surface area contributed by atoms with Crippen molar-refractivity contribution in [3.63, 3.8) is 0 Å². The van der Waals surface area contributed by atoms with Crippen molar-refractivity contribution in [2.45, 2.75) is 6.92 Å². The first kappa shape index (κ1) is 18.1. The molecule has 8 heteroatoms. The molecule has 0 aliphatic rings. The number of carbonyl (C=O) groups is 2. The standard InChI is InChI=1S/C17H20N4O4/c1-3-25-17-12(7-6-10-18-17)16(23)21-20-15(22)11-19-13-8-4-5-9-14(13)24-2/h4-10,19H,3,11H2,1-2H3,(H,20,22)(H,21,23). The first-order chi connectivity index (χ1) is 12.2. The maximum absolute atomic E-state index is 12.1. The molecule has 1 heterocycles. The summed E-state index contributed by atoms with van der Waals surface area (Å²) in [5.41, 5.74) is 5.58. The molecule has 2 rings (SSSR count). The van der Waals surface area contributed by atoms with Crippen LogP contribution < -0.4 is 25.6 Å². The zero-order valence-corrected chi connectivity index (χ0v) is 14.0. The molecule has 0 fully saturated rings. The number of hydrogen-bond acceptors (Lipinski definition) is 6. The van der Waals surface area contributed by atoms with Gasteiger partial charge in [-0.25, -0.2) is 4.98 Å². The minimum absolute atomic E-state index is 0.0357. The number of methoxy groups -OCH3 is 1. The van der Waals surface area contributed by atoms with Gasteiger partial charge in [0.1, 0.15) is 11.3 Å². The number of aromatic nitrogens is 1. The van der Waals surface area contributed by atoms with Crippen molar-refractivity contribution in [3.05, 3.63) is 48.2 Å². The highest BCUT2D eigenvalue weighted by Gasteiger charge is 2.14. The second-order valence-corrected chi connectivity index (χ2v) is 4.85. The second kappa shape index (κ2) is 9.11. The fraction of sp³-hybridized carbons (Fsp3) is 0.235. The van der Waals surface area contributed by atoms with Crippen LogP contribution in [0.3, 0.4) is 0 Å². The second-order valence-electron chi connectivity index (χ2n) is 4.85. The van der Waals surface area contributed by atoms with Crippen molar-refractivity contribution < 1.29 is 19.1 Å².